The summed E-state index contributed by atoms with van der Waals surface area (Å²) in [4.78, 5) is 0. The first-order valence-corrected chi connectivity index (χ1v) is 6.99. The standard InChI is InChI=1S/C6H18N3OP.CHCl3/c1-7(2)11(10,8(3)4)9(5)6;2-1(3)4/h1-6H3;1H. The van der Waals surface area contributed by atoms with Crippen molar-refractivity contribution in [1.29, 1.82) is 0 Å². The fourth-order valence-electron chi connectivity index (χ4n) is 1.07. The van der Waals surface area contributed by atoms with E-state index in [0.717, 1.165) is 0 Å². The lowest BCUT2D eigenvalue weighted by atomic mass is 11.2. The van der Waals surface area contributed by atoms with Crippen LogP contribution in [0.5, 0.6) is 0 Å². The molecular formula is C7H19Cl3N3OP. The van der Waals surface area contributed by atoms with E-state index in [1.54, 1.807) is 14.0 Å². The molecule has 0 aliphatic heterocycles. The highest BCUT2D eigenvalue weighted by atomic mass is 35.6. The van der Waals surface area contributed by atoms with E-state index in [9.17, 15) is 4.57 Å². The lowest BCUT2D eigenvalue weighted by Gasteiger charge is -2.34. The molecule has 0 heterocycles. The van der Waals surface area contributed by atoms with Gasteiger partial charge in [-0.05, 0) is 42.3 Å². The first-order valence-electron chi connectivity index (χ1n) is 4.12. The molecule has 0 unspecified atom stereocenters. The topological polar surface area (TPSA) is 26.8 Å². The second kappa shape index (κ2) is 8.13. The van der Waals surface area contributed by atoms with E-state index in [1.165, 1.54) is 0 Å². The molecule has 0 rings (SSSR count). The van der Waals surface area contributed by atoms with Gasteiger partial charge in [-0.15, -0.1) is 0 Å². The summed E-state index contributed by atoms with van der Waals surface area (Å²) in [5.74, 6) is 0. The molecule has 0 saturated carbocycles. The Morgan fingerprint density at radius 3 is 0.933 bits per heavy atom. The van der Waals surface area contributed by atoms with Crippen LogP contribution in [0.2, 0.25) is 0 Å². The lowest BCUT2D eigenvalue weighted by molar-refractivity contribution is 0.383. The maximum atomic E-state index is 12.1. The Kier molecular flexibility index (Phi) is 9.94. The molecule has 0 aliphatic carbocycles. The Balaban J connectivity index is 0. The van der Waals surface area contributed by atoms with Crippen LogP contribution in [0.25, 0.3) is 0 Å². The average molecular weight is 299 g/mol. The molecule has 0 N–H and O–H groups in total. The smallest absolute Gasteiger partial charge is 0.270 e. The molecule has 0 fully saturated rings. The van der Waals surface area contributed by atoms with Gasteiger partial charge in [0, 0.05) is 0 Å². The molecule has 0 atom stereocenters. The van der Waals surface area contributed by atoms with Crippen molar-refractivity contribution in [1.82, 2.24) is 14.0 Å². The van der Waals surface area contributed by atoms with Gasteiger partial charge in [0.15, 0.2) is 4.30 Å². The minimum Gasteiger partial charge on any atom is -0.270 e. The second-order valence-corrected chi connectivity index (χ2v) is 8.71. The summed E-state index contributed by atoms with van der Waals surface area (Å²) < 4.78 is 16.6. The van der Waals surface area contributed by atoms with Crippen molar-refractivity contribution in [2.75, 3.05) is 42.3 Å². The van der Waals surface area contributed by atoms with Gasteiger partial charge in [0.25, 0.3) is 7.59 Å². The summed E-state index contributed by atoms with van der Waals surface area (Å²) in [5, 5.41) is 0. The van der Waals surface area contributed by atoms with Gasteiger partial charge in [-0.2, -0.15) is 0 Å². The van der Waals surface area contributed by atoms with Crippen molar-refractivity contribution in [3.05, 3.63) is 0 Å². The molecule has 0 aliphatic rings. The molecular weight excluding hydrogens is 279 g/mol. The summed E-state index contributed by atoms with van der Waals surface area (Å²) in [6.07, 6.45) is 0. The second-order valence-electron chi connectivity index (χ2n) is 3.30. The van der Waals surface area contributed by atoms with Crippen LogP contribution >= 0.6 is 42.4 Å². The Bertz CT molecular complexity index is 180. The Labute approximate surface area is 108 Å². The van der Waals surface area contributed by atoms with Crippen molar-refractivity contribution in [2.24, 2.45) is 0 Å². The molecule has 8 heteroatoms. The van der Waals surface area contributed by atoms with Crippen molar-refractivity contribution in [3.63, 3.8) is 0 Å². The summed E-state index contributed by atoms with van der Waals surface area (Å²) in [7, 11) is 8.49. The fourth-order valence-corrected chi connectivity index (χ4v) is 3.22. The van der Waals surface area contributed by atoms with Crippen LogP contribution in [0, 0.1) is 0 Å². The summed E-state index contributed by atoms with van der Waals surface area (Å²) in [5.41, 5.74) is 0. The van der Waals surface area contributed by atoms with Crippen LogP contribution < -0.4 is 0 Å². The minimum absolute atomic E-state index is 0.750. The fraction of sp³-hybridized carbons (Fsp3) is 1.00. The molecule has 0 spiro atoms. The van der Waals surface area contributed by atoms with Gasteiger partial charge >= 0.3 is 0 Å². The molecule has 0 aromatic carbocycles. The predicted octanol–water partition coefficient (Wildman–Crippen LogP) is 2.77. The van der Waals surface area contributed by atoms with Gasteiger partial charge in [0.1, 0.15) is 0 Å². The van der Waals surface area contributed by atoms with Crippen molar-refractivity contribution >= 4 is 42.4 Å². The van der Waals surface area contributed by atoms with Crippen molar-refractivity contribution < 1.29 is 4.57 Å². The van der Waals surface area contributed by atoms with E-state index < -0.39 is 11.9 Å². The zero-order valence-corrected chi connectivity index (χ0v) is 13.1. The normalized spacial score (nSPS) is 12.3. The van der Waals surface area contributed by atoms with Gasteiger partial charge in [0.2, 0.25) is 0 Å². The quantitative estimate of drug-likeness (QED) is 0.591. The van der Waals surface area contributed by atoms with E-state index in [0.29, 0.717) is 0 Å². The Morgan fingerprint density at radius 2 is 0.933 bits per heavy atom. The lowest BCUT2D eigenvalue weighted by Crippen LogP contribution is -2.30. The highest BCUT2D eigenvalue weighted by Gasteiger charge is 2.30. The SMILES string of the molecule is CN(C)P(=O)(N(C)C)N(C)C.ClC(Cl)Cl. The molecule has 15 heavy (non-hydrogen) atoms. The largest absolute Gasteiger partial charge is 0.285 e. The first-order chi connectivity index (χ1) is 6.56. The van der Waals surface area contributed by atoms with Crippen molar-refractivity contribution in [3.8, 4) is 0 Å². The molecule has 0 saturated heterocycles. The van der Waals surface area contributed by atoms with Gasteiger partial charge in [0.05, 0.1) is 0 Å². The van der Waals surface area contributed by atoms with E-state index in [-0.39, 0.29) is 0 Å². The Morgan fingerprint density at radius 1 is 0.800 bits per heavy atom. The maximum Gasteiger partial charge on any atom is 0.285 e. The van der Waals surface area contributed by atoms with E-state index in [2.05, 4.69) is 0 Å². The zero-order valence-electron chi connectivity index (χ0n) is 9.91. The molecule has 4 nitrogen and oxygen atoms in total. The predicted molar refractivity (Wildman–Crippen MR) is 70.0 cm³/mol. The zero-order chi connectivity index (χ0) is 12.8. The minimum atomic E-state index is -2.44. The third kappa shape index (κ3) is 7.01. The van der Waals surface area contributed by atoms with Gasteiger partial charge in [-0.3, -0.25) is 4.57 Å². The first kappa shape index (κ1) is 18.3. The molecule has 0 aromatic heterocycles. The number of alkyl halides is 3. The molecule has 0 amide bonds. The van der Waals surface area contributed by atoms with Crippen LogP contribution in [0.3, 0.4) is 0 Å². The number of rotatable bonds is 3. The van der Waals surface area contributed by atoms with E-state index in [4.69, 9.17) is 34.8 Å². The number of hydrogen-bond acceptors (Lipinski definition) is 1. The molecule has 0 radical (unpaired) electrons. The molecule has 0 aromatic rings. The number of nitrogens with zero attached hydrogens (tertiary/aromatic N) is 3. The highest BCUT2D eigenvalue weighted by molar-refractivity contribution is 7.56. The van der Waals surface area contributed by atoms with E-state index >= 15 is 0 Å². The Hall–Kier alpha value is 0.980. The number of hydrogen-bond donors (Lipinski definition) is 0. The average Bonchev–Trinajstić information content (AvgIpc) is 2.00. The van der Waals surface area contributed by atoms with Crippen molar-refractivity contribution in [2.45, 2.75) is 4.30 Å². The summed E-state index contributed by atoms with van der Waals surface area (Å²) >= 11 is 14.4. The van der Waals surface area contributed by atoms with Crippen LogP contribution in [0.15, 0.2) is 0 Å². The maximum absolute atomic E-state index is 12.1. The third-order valence-corrected chi connectivity index (χ3v) is 4.69. The molecule has 0 bridgehead atoms. The monoisotopic (exact) mass is 297 g/mol. The third-order valence-electron chi connectivity index (χ3n) is 1.56. The summed E-state index contributed by atoms with van der Waals surface area (Å²) in [6.45, 7) is 0. The van der Waals surface area contributed by atoms with Crippen LogP contribution in [-0.2, 0) is 4.57 Å². The van der Waals surface area contributed by atoms with Gasteiger partial charge < -0.3 is 0 Å². The van der Waals surface area contributed by atoms with Crippen LogP contribution in [0.1, 0.15) is 0 Å². The van der Waals surface area contributed by atoms with Gasteiger partial charge in [-0.1, -0.05) is 34.8 Å². The van der Waals surface area contributed by atoms with Crippen LogP contribution in [-0.4, -0.2) is 60.6 Å². The van der Waals surface area contributed by atoms with Crippen LogP contribution in [0.4, 0.5) is 0 Å². The van der Waals surface area contributed by atoms with Gasteiger partial charge in [-0.25, -0.2) is 14.0 Å². The summed E-state index contributed by atoms with van der Waals surface area (Å²) in [6, 6.07) is 0. The van der Waals surface area contributed by atoms with E-state index in [1.807, 2.05) is 42.3 Å². The number of halogens is 3. The molecule has 94 valence electrons. The highest BCUT2D eigenvalue weighted by Crippen LogP contribution is 2.50.